The molecule has 2 aromatic heterocycles. The molecular formula is C19H17N3O2S2. The number of carbonyl (C=O) groups is 1. The minimum absolute atomic E-state index is 0.345. The Labute approximate surface area is 158 Å². The highest BCUT2D eigenvalue weighted by atomic mass is 32.1. The van der Waals surface area contributed by atoms with E-state index in [0.29, 0.717) is 11.5 Å². The van der Waals surface area contributed by atoms with Gasteiger partial charge in [0.05, 0.1) is 33.1 Å². The predicted molar refractivity (Wildman–Crippen MR) is 108 cm³/mol. The van der Waals surface area contributed by atoms with E-state index in [0.717, 1.165) is 30.7 Å². The number of thiazole rings is 2. The van der Waals surface area contributed by atoms with Gasteiger partial charge in [0.15, 0.2) is 10.3 Å². The van der Waals surface area contributed by atoms with Crippen LogP contribution in [-0.4, -0.2) is 23.0 Å². The van der Waals surface area contributed by atoms with E-state index in [-0.39, 0.29) is 5.97 Å². The molecule has 0 spiro atoms. The highest BCUT2D eigenvalue weighted by molar-refractivity contribution is 7.24. The van der Waals surface area contributed by atoms with Crippen molar-refractivity contribution in [3.8, 4) is 0 Å². The molecule has 132 valence electrons. The summed E-state index contributed by atoms with van der Waals surface area (Å²) < 4.78 is 6.86. The molecule has 2 aromatic carbocycles. The number of benzene rings is 2. The number of fused-ring (bicyclic) bond motifs is 2. The van der Waals surface area contributed by atoms with Gasteiger partial charge >= 0.3 is 5.97 Å². The molecule has 0 aliphatic heterocycles. The van der Waals surface area contributed by atoms with Crippen molar-refractivity contribution in [3.63, 3.8) is 0 Å². The summed E-state index contributed by atoms with van der Waals surface area (Å²) in [6, 6.07) is 11.7. The van der Waals surface area contributed by atoms with Crippen molar-refractivity contribution in [1.82, 2.24) is 9.97 Å². The van der Waals surface area contributed by atoms with Crippen molar-refractivity contribution in [2.24, 2.45) is 0 Å². The van der Waals surface area contributed by atoms with E-state index in [1.807, 2.05) is 6.07 Å². The SMILES string of the molecule is COC(=O)c1ccc2nc(Nc3nc4ccc(C(C)C)cc4s3)sc2c1. The van der Waals surface area contributed by atoms with Crippen molar-refractivity contribution in [2.45, 2.75) is 19.8 Å². The Morgan fingerprint density at radius 2 is 1.62 bits per heavy atom. The van der Waals surface area contributed by atoms with Crippen LogP contribution >= 0.6 is 22.7 Å². The maximum atomic E-state index is 11.7. The van der Waals surface area contributed by atoms with Crippen LogP contribution in [0.3, 0.4) is 0 Å². The molecule has 1 N–H and O–H groups in total. The zero-order valence-corrected chi connectivity index (χ0v) is 16.2. The van der Waals surface area contributed by atoms with Crippen LogP contribution in [0.2, 0.25) is 0 Å². The number of carbonyl (C=O) groups excluding carboxylic acids is 1. The molecule has 0 radical (unpaired) electrons. The van der Waals surface area contributed by atoms with Crippen LogP contribution in [0.4, 0.5) is 10.3 Å². The van der Waals surface area contributed by atoms with Gasteiger partial charge in [-0.3, -0.25) is 0 Å². The fourth-order valence-corrected chi connectivity index (χ4v) is 4.55. The first kappa shape index (κ1) is 16.9. The molecule has 0 aliphatic carbocycles. The molecule has 0 amide bonds. The molecule has 26 heavy (non-hydrogen) atoms. The standard InChI is InChI=1S/C19H17N3O2S2/c1-10(2)11-4-6-13-15(8-11)25-18(20-13)22-19-21-14-7-5-12(17(23)24-3)9-16(14)26-19/h4-10H,1-3H3,(H,20,21,22). The minimum atomic E-state index is -0.345. The van der Waals surface area contributed by atoms with Gasteiger partial charge in [-0.2, -0.15) is 0 Å². The minimum Gasteiger partial charge on any atom is -0.465 e. The van der Waals surface area contributed by atoms with Gasteiger partial charge in [-0.1, -0.05) is 42.6 Å². The number of esters is 1. The van der Waals surface area contributed by atoms with Crippen LogP contribution in [-0.2, 0) is 4.74 Å². The summed E-state index contributed by atoms with van der Waals surface area (Å²) >= 11 is 3.10. The average molecular weight is 383 g/mol. The first-order valence-electron chi connectivity index (χ1n) is 8.20. The second-order valence-corrected chi connectivity index (χ2v) is 8.28. The molecule has 4 aromatic rings. The zero-order valence-electron chi connectivity index (χ0n) is 14.6. The van der Waals surface area contributed by atoms with Crippen molar-refractivity contribution in [3.05, 3.63) is 47.5 Å². The molecule has 0 fully saturated rings. The number of anilines is 2. The van der Waals surface area contributed by atoms with Gasteiger partial charge in [0.2, 0.25) is 0 Å². The Kier molecular flexibility index (Phi) is 4.34. The van der Waals surface area contributed by atoms with Gasteiger partial charge in [-0.25, -0.2) is 14.8 Å². The number of aromatic nitrogens is 2. The largest absolute Gasteiger partial charge is 0.465 e. The van der Waals surface area contributed by atoms with E-state index in [4.69, 9.17) is 4.74 Å². The van der Waals surface area contributed by atoms with Crippen LogP contribution in [0, 0.1) is 0 Å². The third kappa shape index (κ3) is 3.15. The molecule has 7 heteroatoms. The molecular weight excluding hydrogens is 366 g/mol. The Bertz CT molecular complexity index is 1110. The highest BCUT2D eigenvalue weighted by Crippen LogP contribution is 2.33. The number of methoxy groups -OCH3 is 1. The molecule has 0 saturated carbocycles. The quantitative estimate of drug-likeness (QED) is 0.467. The van der Waals surface area contributed by atoms with Crippen molar-refractivity contribution < 1.29 is 9.53 Å². The number of rotatable bonds is 4. The summed E-state index contributed by atoms with van der Waals surface area (Å²) in [6.45, 7) is 4.37. The van der Waals surface area contributed by atoms with Gasteiger partial charge < -0.3 is 10.1 Å². The summed E-state index contributed by atoms with van der Waals surface area (Å²) in [7, 11) is 1.38. The maximum absolute atomic E-state index is 11.7. The molecule has 2 heterocycles. The second-order valence-electron chi connectivity index (χ2n) is 6.22. The lowest BCUT2D eigenvalue weighted by Gasteiger charge is -2.03. The van der Waals surface area contributed by atoms with Crippen molar-refractivity contribution in [2.75, 3.05) is 12.4 Å². The summed E-state index contributed by atoms with van der Waals surface area (Å²) in [5.74, 6) is 0.146. The Balaban J connectivity index is 1.64. The van der Waals surface area contributed by atoms with Gasteiger partial charge in [-0.15, -0.1) is 0 Å². The molecule has 0 bridgehead atoms. The molecule has 5 nitrogen and oxygen atoms in total. The Hall–Kier alpha value is -2.51. The molecule has 4 rings (SSSR count). The predicted octanol–water partition coefficient (Wildman–Crippen LogP) is 5.56. The maximum Gasteiger partial charge on any atom is 0.337 e. The monoisotopic (exact) mass is 383 g/mol. The van der Waals surface area contributed by atoms with E-state index in [9.17, 15) is 4.79 Å². The molecule has 0 unspecified atom stereocenters. The summed E-state index contributed by atoms with van der Waals surface area (Å²) in [6.07, 6.45) is 0. The van der Waals surface area contributed by atoms with Gasteiger partial charge in [-0.05, 0) is 41.8 Å². The van der Waals surface area contributed by atoms with Crippen molar-refractivity contribution >= 4 is 59.3 Å². The van der Waals surface area contributed by atoms with Crippen LogP contribution < -0.4 is 5.32 Å². The molecule has 0 saturated heterocycles. The topological polar surface area (TPSA) is 64.1 Å². The van der Waals surface area contributed by atoms with E-state index < -0.39 is 0 Å². The van der Waals surface area contributed by atoms with E-state index in [1.54, 1.807) is 23.5 Å². The molecule has 0 aliphatic rings. The zero-order chi connectivity index (χ0) is 18.3. The number of nitrogens with one attached hydrogen (secondary N) is 1. The second kappa shape index (κ2) is 6.66. The lowest BCUT2D eigenvalue weighted by Crippen LogP contribution is -1.99. The van der Waals surface area contributed by atoms with E-state index >= 15 is 0 Å². The Morgan fingerprint density at radius 1 is 1.00 bits per heavy atom. The lowest BCUT2D eigenvalue weighted by molar-refractivity contribution is 0.0601. The summed E-state index contributed by atoms with van der Waals surface area (Å²) in [5, 5.41) is 4.86. The van der Waals surface area contributed by atoms with Gasteiger partial charge in [0.1, 0.15) is 0 Å². The highest BCUT2D eigenvalue weighted by Gasteiger charge is 2.12. The van der Waals surface area contributed by atoms with Crippen LogP contribution in [0.1, 0.15) is 35.7 Å². The average Bonchev–Trinajstić information content (AvgIpc) is 3.22. The fourth-order valence-electron chi connectivity index (χ4n) is 2.67. The first-order valence-corrected chi connectivity index (χ1v) is 9.83. The number of ether oxygens (including phenoxy) is 1. The number of hydrogen-bond donors (Lipinski definition) is 1. The van der Waals surface area contributed by atoms with Crippen molar-refractivity contribution in [1.29, 1.82) is 0 Å². The first-order chi connectivity index (χ1) is 12.5. The fraction of sp³-hybridized carbons (Fsp3) is 0.211. The summed E-state index contributed by atoms with van der Waals surface area (Å²) in [4.78, 5) is 20.9. The van der Waals surface area contributed by atoms with Gasteiger partial charge in [0, 0.05) is 0 Å². The van der Waals surface area contributed by atoms with Gasteiger partial charge in [0.25, 0.3) is 0 Å². The number of hydrogen-bond acceptors (Lipinski definition) is 7. The molecule has 0 atom stereocenters. The third-order valence-electron chi connectivity index (χ3n) is 4.10. The Morgan fingerprint density at radius 3 is 2.23 bits per heavy atom. The third-order valence-corrected chi connectivity index (χ3v) is 5.97. The van der Waals surface area contributed by atoms with E-state index in [2.05, 4.69) is 47.3 Å². The van der Waals surface area contributed by atoms with E-state index in [1.165, 1.54) is 24.0 Å². The smallest absolute Gasteiger partial charge is 0.337 e. The summed E-state index contributed by atoms with van der Waals surface area (Å²) in [5.41, 5.74) is 3.66. The van der Waals surface area contributed by atoms with Crippen LogP contribution in [0.5, 0.6) is 0 Å². The lowest BCUT2D eigenvalue weighted by atomic mass is 10.0. The number of nitrogens with zero attached hydrogens (tertiary/aromatic N) is 2. The normalized spacial score (nSPS) is 11.4. The van der Waals surface area contributed by atoms with Crippen LogP contribution in [0.25, 0.3) is 20.4 Å². The van der Waals surface area contributed by atoms with Crippen LogP contribution in [0.15, 0.2) is 36.4 Å².